The third-order valence-electron chi connectivity index (χ3n) is 7.08. The number of nitrogens with zero attached hydrogens (tertiary/aromatic N) is 4. The van der Waals surface area contributed by atoms with Gasteiger partial charge in [-0.1, -0.05) is 42.0 Å². The van der Waals surface area contributed by atoms with Crippen molar-refractivity contribution in [1.29, 1.82) is 5.26 Å². The maximum absolute atomic E-state index is 13.0. The van der Waals surface area contributed by atoms with Gasteiger partial charge in [0.15, 0.2) is 0 Å². The van der Waals surface area contributed by atoms with Crippen LogP contribution in [-0.4, -0.2) is 40.9 Å². The summed E-state index contributed by atoms with van der Waals surface area (Å²) in [4.78, 5) is 27.5. The summed E-state index contributed by atoms with van der Waals surface area (Å²) in [6.07, 6.45) is 9.18. The standard InChI is InChI=1S/C30H28ClN5O3/c1-20-27(19-33-36(20)25-10-7-23(31)8-11-25)29(37)34-24-9-12-28(22(17-24)18-32)35-15-13-26(14-16-35)39-30(38)21-5-3-2-4-6-21/h2-10,12,17,19,25-26H,11,13-16H2,1H3,(H,34,37). The van der Waals surface area contributed by atoms with Crippen molar-refractivity contribution in [2.75, 3.05) is 23.3 Å². The molecule has 1 aromatic heterocycles. The highest BCUT2D eigenvalue weighted by Crippen LogP contribution is 2.29. The van der Waals surface area contributed by atoms with E-state index in [2.05, 4.69) is 21.4 Å². The first-order chi connectivity index (χ1) is 18.9. The number of nitrogens with one attached hydrogen (secondary N) is 1. The fraction of sp³-hybridized carbons (Fsp3) is 0.267. The number of hydrogen-bond donors (Lipinski definition) is 1. The van der Waals surface area contributed by atoms with Gasteiger partial charge in [-0.3, -0.25) is 9.48 Å². The van der Waals surface area contributed by atoms with Crippen LogP contribution in [0.3, 0.4) is 0 Å². The number of ether oxygens (including phenoxy) is 1. The van der Waals surface area contributed by atoms with E-state index in [1.807, 2.05) is 54.1 Å². The predicted molar refractivity (Wildman–Crippen MR) is 150 cm³/mol. The van der Waals surface area contributed by atoms with Crippen LogP contribution in [0.5, 0.6) is 0 Å². The molecule has 2 aliphatic rings. The molecule has 0 saturated carbocycles. The number of nitriles is 1. The van der Waals surface area contributed by atoms with Gasteiger partial charge in [0.1, 0.15) is 12.2 Å². The van der Waals surface area contributed by atoms with Gasteiger partial charge in [-0.2, -0.15) is 10.4 Å². The van der Waals surface area contributed by atoms with E-state index in [-0.39, 0.29) is 24.0 Å². The van der Waals surface area contributed by atoms with Crippen molar-refractivity contribution in [2.24, 2.45) is 0 Å². The van der Waals surface area contributed by atoms with Crippen LogP contribution in [0, 0.1) is 18.3 Å². The SMILES string of the molecule is Cc1c(C(=O)Nc2ccc(N3CCC(OC(=O)c4ccccc4)CC3)c(C#N)c2)cnn1C1C=CC(Cl)=CC1. The number of aromatic nitrogens is 2. The van der Waals surface area contributed by atoms with Gasteiger partial charge in [-0.25, -0.2) is 4.79 Å². The van der Waals surface area contributed by atoms with Gasteiger partial charge in [-0.15, -0.1) is 0 Å². The van der Waals surface area contributed by atoms with Gasteiger partial charge in [-0.05, 0) is 49.8 Å². The first-order valence-electron chi connectivity index (χ1n) is 12.9. The smallest absolute Gasteiger partial charge is 0.338 e. The molecule has 1 N–H and O–H groups in total. The highest BCUT2D eigenvalue weighted by atomic mass is 35.5. The second kappa shape index (κ2) is 11.6. The molecule has 1 fully saturated rings. The Hall–Kier alpha value is -4.35. The molecule has 5 rings (SSSR count). The van der Waals surface area contributed by atoms with Gasteiger partial charge in [0.25, 0.3) is 5.91 Å². The summed E-state index contributed by atoms with van der Waals surface area (Å²) in [5.74, 6) is -0.603. The molecule has 1 atom stereocenters. The summed E-state index contributed by atoms with van der Waals surface area (Å²) in [6, 6.07) is 16.6. The number of piperidine rings is 1. The molecule has 0 bridgehead atoms. The average molecular weight is 542 g/mol. The van der Waals surface area contributed by atoms with Crippen molar-refractivity contribution in [3.8, 4) is 6.07 Å². The lowest BCUT2D eigenvalue weighted by Crippen LogP contribution is -2.38. The molecule has 1 saturated heterocycles. The fourth-order valence-electron chi connectivity index (χ4n) is 4.93. The molecule has 9 heteroatoms. The number of esters is 1. The number of allylic oxidation sites excluding steroid dienone is 4. The van der Waals surface area contributed by atoms with E-state index in [4.69, 9.17) is 16.3 Å². The molecule has 3 aromatic rings. The van der Waals surface area contributed by atoms with Gasteiger partial charge in [0.2, 0.25) is 0 Å². The maximum Gasteiger partial charge on any atom is 0.338 e. The van der Waals surface area contributed by atoms with Crippen molar-refractivity contribution < 1.29 is 14.3 Å². The van der Waals surface area contributed by atoms with E-state index in [0.29, 0.717) is 59.8 Å². The van der Waals surface area contributed by atoms with Crippen molar-refractivity contribution >= 4 is 34.9 Å². The largest absolute Gasteiger partial charge is 0.459 e. The molecule has 0 spiro atoms. The van der Waals surface area contributed by atoms with Crippen molar-refractivity contribution in [2.45, 2.75) is 38.3 Å². The molecular weight excluding hydrogens is 514 g/mol. The minimum Gasteiger partial charge on any atom is -0.459 e. The number of benzene rings is 2. The van der Waals surface area contributed by atoms with Crippen LogP contribution in [0.15, 0.2) is 78.0 Å². The molecule has 1 aliphatic carbocycles. The summed E-state index contributed by atoms with van der Waals surface area (Å²) in [5.41, 5.74) is 3.56. The molecular formula is C30H28ClN5O3. The van der Waals surface area contributed by atoms with Gasteiger partial charge in [0, 0.05) is 42.3 Å². The Kier molecular flexibility index (Phi) is 7.80. The van der Waals surface area contributed by atoms with E-state index in [0.717, 1.165) is 11.4 Å². The summed E-state index contributed by atoms with van der Waals surface area (Å²) in [5, 5.41) is 17.9. The normalized spacial score (nSPS) is 17.3. The van der Waals surface area contributed by atoms with E-state index >= 15 is 0 Å². The van der Waals surface area contributed by atoms with Crippen molar-refractivity contribution in [3.63, 3.8) is 0 Å². The number of carbonyl (C=O) groups is 2. The minimum absolute atomic E-state index is 0.00419. The Bertz CT molecular complexity index is 1480. The van der Waals surface area contributed by atoms with Crippen LogP contribution >= 0.6 is 11.6 Å². The first-order valence-corrected chi connectivity index (χ1v) is 13.2. The van der Waals surface area contributed by atoms with Gasteiger partial charge >= 0.3 is 5.97 Å². The molecule has 39 heavy (non-hydrogen) atoms. The molecule has 2 aromatic carbocycles. The minimum atomic E-state index is -0.316. The monoisotopic (exact) mass is 541 g/mol. The van der Waals surface area contributed by atoms with E-state index < -0.39 is 0 Å². The van der Waals surface area contributed by atoms with Crippen LogP contribution < -0.4 is 10.2 Å². The van der Waals surface area contributed by atoms with E-state index in [1.54, 1.807) is 30.5 Å². The first kappa shape index (κ1) is 26.3. The quantitative estimate of drug-likeness (QED) is 0.398. The summed E-state index contributed by atoms with van der Waals surface area (Å²) in [6.45, 7) is 3.17. The molecule has 1 aliphatic heterocycles. The van der Waals surface area contributed by atoms with E-state index in [1.165, 1.54) is 0 Å². The van der Waals surface area contributed by atoms with Crippen LogP contribution in [0.1, 0.15) is 57.3 Å². The average Bonchev–Trinajstić information content (AvgIpc) is 3.35. The van der Waals surface area contributed by atoms with Crippen LogP contribution in [0.2, 0.25) is 0 Å². The maximum atomic E-state index is 13.0. The topological polar surface area (TPSA) is 100 Å². The van der Waals surface area contributed by atoms with Crippen LogP contribution in [0.25, 0.3) is 0 Å². The highest BCUT2D eigenvalue weighted by Gasteiger charge is 2.25. The number of rotatable bonds is 6. The zero-order valence-electron chi connectivity index (χ0n) is 21.5. The zero-order chi connectivity index (χ0) is 27.4. The number of amides is 1. The zero-order valence-corrected chi connectivity index (χ0v) is 22.3. The fourth-order valence-corrected chi connectivity index (χ4v) is 5.09. The summed E-state index contributed by atoms with van der Waals surface area (Å²) >= 11 is 6.02. The Labute approximate surface area is 232 Å². The van der Waals surface area contributed by atoms with Crippen molar-refractivity contribution in [3.05, 3.63) is 100 Å². The molecule has 1 unspecified atom stereocenters. The third kappa shape index (κ3) is 5.89. The second-order valence-corrected chi connectivity index (χ2v) is 10.0. The Morgan fingerprint density at radius 2 is 1.92 bits per heavy atom. The van der Waals surface area contributed by atoms with Crippen LogP contribution in [0.4, 0.5) is 11.4 Å². The Morgan fingerprint density at radius 3 is 2.62 bits per heavy atom. The summed E-state index contributed by atoms with van der Waals surface area (Å²) in [7, 11) is 0. The number of hydrogen-bond acceptors (Lipinski definition) is 6. The second-order valence-electron chi connectivity index (χ2n) is 9.59. The molecule has 0 radical (unpaired) electrons. The van der Waals surface area contributed by atoms with Gasteiger partial charge in [0.05, 0.1) is 34.6 Å². The van der Waals surface area contributed by atoms with E-state index in [9.17, 15) is 14.9 Å². The molecule has 2 heterocycles. The lowest BCUT2D eigenvalue weighted by Gasteiger charge is -2.33. The Balaban J connectivity index is 1.21. The molecule has 8 nitrogen and oxygen atoms in total. The molecule has 198 valence electrons. The lowest BCUT2D eigenvalue weighted by atomic mass is 10.0. The molecule has 1 amide bonds. The predicted octanol–water partition coefficient (Wildman–Crippen LogP) is 5.77. The number of anilines is 2. The summed E-state index contributed by atoms with van der Waals surface area (Å²) < 4.78 is 7.50. The third-order valence-corrected chi connectivity index (χ3v) is 7.36. The number of halogens is 1. The Morgan fingerprint density at radius 1 is 1.15 bits per heavy atom. The highest BCUT2D eigenvalue weighted by molar-refractivity contribution is 6.31. The van der Waals surface area contributed by atoms with Crippen molar-refractivity contribution in [1.82, 2.24) is 9.78 Å². The van der Waals surface area contributed by atoms with Gasteiger partial charge < -0.3 is 15.0 Å². The number of carbonyl (C=O) groups excluding carboxylic acids is 2. The van der Waals surface area contributed by atoms with Crippen LogP contribution in [-0.2, 0) is 4.74 Å². The lowest BCUT2D eigenvalue weighted by molar-refractivity contribution is 0.0245.